The van der Waals surface area contributed by atoms with Crippen molar-refractivity contribution in [2.45, 2.75) is 6.04 Å². The SMILES string of the molecule is C#CC(CN(C)[PH](=O)OC)NC. The summed E-state index contributed by atoms with van der Waals surface area (Å²) in [6.45, 7) is 0.526. The van der Waals surface area contributed by atoms with Crippen molar-refractivity contribution in [2.75, 3.05) is 27.7 Å². The summed E-state index contributed by atoms with van der Waals surface area (Å²) < 4.78 is 17.4. The number of nitrogens with one attached hydrogen (secondary N) is 1. The van der Waals surface area contributed by atoms with E-state index in [-0.39, 0.29) is 6.04 Å². The fraction of sp³-hybridized carbons (Fsp3) is 0.714. The van der Waals surface area contributed by atoms with Crippen LogP contribution in [0, 0.1) is 12.3 Å². The van der Waals surface area contributed by atoms with Crippen molar-refractivity contribution in [3.63, 3.8) is 0 Å². The Morgan fingerprint density at radius 3 is 2.75 bits per heavy atom. The van der Waals surface area contributed by atoms with Gasteiger partial charge >= 0.3 is 0 Å². The Bertz CT molecular complexity index is 190. The molecule has 5 heteroatoms. The predicted molar refractivity (Wildman–Crippen MR) is 50.3 cm³/mol. The molecule has 0 radical (unpaired) electrons. The van der Waals surface area contributed by atoms with Gasteiger partial charge in [0.2, 0.25) is 0 Å². The van der Waals surface area contributed by atoms with E-state index in [1.54, 1.807) is 18.8 Å². The first kappa shape index (κ1) is 11.7. The largest absolute Gasteiger partial charge is 0.323 e. The third-order valence-corrected chi connectivity index (χ3v) is 2.65. The van der Waals surface area contributed by atoms with Gasteiger partial charge < -0.3 is 9.84 Å². The van der Waals surface area contributed by atoms with E-state index in [0.29, 0.717) is 6.54 Å². The topological polar surface area (TPSA) is 41.6 Å². The molecule has 0 aliphatic heterocycles. The molecular formula is C7H15N2O2P. The van der Waals surface area contributed by atoms with Crippen LogP contribution in [0.2, 0.25) is 0 Å². The normalized spacial score (nSPS) is 15.6. The molecule has 0 aliphatic rings. The van der Waals surface area contributed by atoms with Crippen LogP contribution in [0.5, 0.6) is 0 Å². The Kier molecular flexibility index (Phi) is 6.04. The molecule has 0 saturated carbocycles. The highest BCUT2D eigenvalue weighted by Gasteiger charge is 2.10. The molecule has 0 aromatic carbocycles. The second-order valence-electron chi connectivity index (χ2n) is 2.36. The van der Waals surface area contributed by atoms with Crippen LogP contribution < -0.4 is 5.32 Å². The molecule has 0 amide bonds. The standard InChI is InChI=1S/C7H15N2O2P/c1-5-7(8-2)6-9(3)12(10)11-4/h1,7-8,12H,6H2,2-4H3. The molecule has 0 aromatic rings. The Balaban J connectivity index is 3.91. The quantitative estimate of drug-likeness (QED) is 0.496. The van der Waals surface area contributed by atoms with Gasteiger partial charge in [0.05, 0.1) is 6.04 Å². The van der Waals surface area contributed by atoms with Gasteiger partial charge in [0, 0.05) is 13.7 Å². The van der Waals surface area contributed by atoms with Crippen LogP contribution in [-0.4, -0.2) is 38.5 Å². The maximum Gasteiger partial charge on any atom is 0.260 e. The summed E-state index contributed by atoms with van der Waals surface area (Å²) in [6.07, 6.45) is 5.20. The number of likely N-dealkylation sites (N-methyl/N-ethyl adjacent to an activating group) is 2. The average Bonchev–Trinajstić information content (AvgIpc) is 2.12. The summed E-state index contributed by atoms with van der Waals surface area (Å²) in [5.74, 6) is 2.53. The maximum atomic E-state index is 11.1. The van der Waals surface area contributed by atoms with Crippen molar-refractivity contribution in [2.24, 2.45) is 0 Å². The zero-order valence-electron chi connectivity index (χ0n) is 7.63. The Morgan fingerprint density at radius 2 is 2.42 bits per heavy atom. The third-order valence-electron chi connectivity index (χ3n) is 1.49. The van der Waals surface area contributed by atoms with Crippen molar-refractivity contribution in [1.82, 2.24) is 9.99 Å². The molecule has 2 unspecified atom stereocenters. The smallest absolute Gasteiger partial charge is 0.260 e. The van der Waals surface area contributed by atoms with Crippen molar-refractivity contribution in [3.05, 3.63) is 0 Å². The van der Waals surface area contributed by atoms with Crippen molar-refractivity contribution in [3.8, 4) is 12.3 Å². The minimum Gasteiger partial charge on any atom is -0.323 e. The summed E-state index contributed by atoms with van der Waals surface area (Å²) in [4.78, 5) is 0. The summed E-state index contributed by atoms with van der Waals surface area (Å²) in [7, 11) is 2.83. The van der Waals surface area contributed by atoms with E-state index < -0.39 is 8.18 Å². The first-order chi connectivity index (χ1) is 5.65. The second-order valence-corrected chi connectivity index (χ2v) is 4.06. The van der Waals surface area contributed by atoms with Crippen LogP contribution in [0.25, 0.3) is 0 Å². The number of hydrogen-bond acceptors (Lipinski definition) is 3. The lowest BCUT2D eigenvalue weighted by atomic mass is 10.3. The molecule has 0 fully saturated rings. The molecule has 0 spiro atoms. The molecule has 0 aliphatic carbocycles. The molecule has 0 saturated heterocycles. The zero-order valence-corrected chi connectivity index (χ0v) is 8.63. The second kappa shape index (κ2) is 6.22. The van der Waals surface area contributed by atoms with Gasteiger partial charge in [-0.1, -0.05) is 5.92 Å². The molecule has 12 heavy (non-hydrogen) atoms. The van der Waals surface area contributed by atoms with Crippen LogP contribution in [0.1, 0.15) is 0 Å². The number of terminal acetylenes is 1. The lowest BCUT2D eigenvalue weighted by molar-refractivity contribution is 0.345. The monoisotopic (exact) mass is 190 g/mol. The van der Waals surface area contributed by atoms with Crippen LogP contribution in [0.3, 0.4) is 0 Å². The zero-order chi connectivity index (χ0) is 9.56. The molecule has 0 rings (SSSR count). The lowest BCUT2D eigenvalue weighted by Crippen LogP contribution is -2.33. The van der Waals surface area contributed by atoms with E-state index >= 15 is 0 Å². The summed E-state index contributed by atoms with van der Waals surface area (Å²) >= 11 is 0. The highest BCUT2D eigenvalue weighted by molar-refractivity contribution is 7.36. The number of nitrogens with zero attached hydrogens (tertiary/aromatic N) is 1. The Labute approximate surface area is 74.2 Å². The summed E-state index contributed by atoms with van der Waals surface area (Å²) in [5, 5.41) is 2.91. The van der Waals surface area contributed by atoms with Gasteiger partial charge in [-0.2, -0.15) is 0 Å². The van der Waals surface area contributed by atoms with Gasteiger partial charge in [0.1, 0.15) is 0 Å². The van der Waals surface area contributed by atoms with Gasteiger partial charge in [-0.3, -0.25) is 4.57 Å². The van der Waals surface area contributed by atoms with Crippen LogP contribution in [0.15, 0.2) is 0 Å². The van der Waals surface area contributed by atoms with E-state index in [2.05, 4.69) is 15.8 Å². The average molecular weight is 190 g/mol. The van der Waals surface area contributed by atoms with Gasteiger partial charge in [0.15, 0.2) is 0 Å². The van der Waals surface area contributed by atoms with Crippen molar-refractivity contribution < 1.29 is 9.09 Å². The summed E-state index contributed by atoms with van der Waals surface area (Å²) in [6, 6.07) is -0.0842. The van der Waals surface area contributed by atoms with Crippen LogP contribution >= 0.6 is 8.18 Å². The fourth-order valence-corrected chi connectivity index (χ4v) is 1.37. The van der Waals surface area contributed by atoms with E-state index in [9.17, 15) is 4.57 Å². The lowest BCUT2D eigenvalue weighted by Gasteiger charge is -2.18. The van der Waals surface area contributed by atoms with E-state index in [1.807, 2.05) is 0 Å². The van der Waals surface area contributed by atoms with Gasteiger partial charge in [0.25, 0.3) is 8.18 Å². The molecule has 0 bridgehead atoms. The summed E-state index contributed by atoms with van der Waals surface area (Å²) in [5.41, 5.74) is 0. The highest BCUT2D eigenvalue weighted by atomic mass is 31.1. The fourth-order valence-electron chi connectivity index (χ4n) is 0.732. The first-order valence-electron chi connectivity index (χ1n) is 3.58. The minimum absolute atomic E-state index is 0.0842. The van der Waals surface area contributed by atoms with Crippen molar-refractivity contribution >= 4 is 8.18 Å². The molecule has 0 aromatic heterocycles. The third kappa shape index (κ3) is 3.89. The van der Waals surface area contributed by atoms with Crippen molar-refractivity contribution in [1.29, 1.82) is 0 Å². The predicted octanol–water partition coefficient (Wildman–Crippen LogP) is 0.175. The molecule has 70 valence electrons. The maximum absolute atomic E-state index is 11.1. The number of rotatable bonds is 5. The highest BCUT2D eigenvalue weighted by Crippen LogP contribution is 2.24. The number of hydrogen-bond donors (Lipinski definition) is 1. The van der Waals surface area contributed by atoms with Crippen LogP contribution in [-0.2, 0) is 9.09 Å². The molecular weight excluding hydrogens is 175 g/mol. The van der Waals surface area contributed by atoms with Crippen LogP contribution in [0.4, 0.5) is 0 Å². The minimum atomic E-state index is -2.07. The van der Waals surface area contributed by atoms with E-state index in [4.69, 9.17) is 6.42 Å². The van der Waals surface area contributed by atoms with Gasteiger partial charge in [-0.15, -0.1) is 6.42 Å². The first-order valence-corrected chi connectivity index (χ1v) is 4.84. The van der Waals surface area contributed by atoms with E-state index in [1.165, 1.54) is 7.11 Å². The molecule has 2 atom stereocenters. The Morgan fingerprint density at radius 1 is 1.83 bits per heavy atom. The molecule has 4 nitrogen and oxygen atoms in total. The van der Waals surface area contributed by atoms with E-state index in [0.717, 1.165) is 0 Å². The van der Waals surface area contributed by atoms with Gasteiger partial charge in [-0.05, 0) is 14.1 Å². The molecule has 0 heterocycles. The molecule has 1 N–H and O–H groups in total. The van der Waals surface area contributed by atoms with Gasteiger partial charge in [-0.25, -0.2) is 4.67 Å². The Hall–Kier alpha value is -0.330.